The van der Waals surface area contributed by atoms with E-state index in [-0.39, 0.29) is 0 Å². The van der Waals surface area contributed by atoms with Crippen LogP contribution in [0.25, 0.3) is 0 Å². The lowest BCUT2D eigenvalue weighted by Gasteiger charge is -2.40. The topological polar surface area (TPSA) is 0 Å². The summed E-state index contributed by atoms with van der Waals surface area (Å²) in [6.45, 7) is 7.31. The van der Waals surface area contributed by atoms with Gasteiger partial charge in [-0.05, 0) is 19.3 Å². The molecular formula is C38H82N2+2. The Labute approximate surface area is 256 Å². The fourth-order valence-corrected chi connectivity index (χ4v) is 6.52. The summed E-state index contributed by atoms with van der Waals surface area (Å²) in [5.41, 5.74) is 0. The maximum Gasteiger partial charge on any atom is 0.138 e. The van der Waals surface area contributed by atoms with Gasteiger partial charge >= 0.3 is 0 Å². The van der Waals surface area contributed by atoms with Crippen LogP contribution in [0.15, 0.2) is 0 Å². The van der Waals surface area contributed by atoms with Gasteiger partial charge in [-0.3, -0.25) is 0 Å². The van der Waals surface area contributed by atoms with E-state index in [0.29, 0.717) is 0 Å². The average molecular weight is 567 g/mol. The van der Waals surface area contributed by atoms with Crippen LogP contribution in [0.2, 0.25) is 0 Å². The van der Waals surface area contributed by atoms with Gasteiger partial charge < -0.3 is 8.97 Å². The molecule has 1 unspecified atom stereocenters. The van der Waals surface area contributed by atoms with E-state index in [9.17, 15) is 0 Å². The Balaban J connectivity index is 3.81. The largest absolute Gasteiger partial charge is 0.324 e. The van der Waals surface area contributed by atoms with E-state index in [2.05, 4.69) is 49.1 Å². The van der Waals surface area contributed by atoms with Crippen LogP contribution < -0.4 is 0 Å². The fourth-order valence-electron chi connectivity index (χ4n) is 6.52. The highest BCUT2D eigenvalue weighted by atomic mass is 15.4. The maximum atomic E-state index is 2.49. The van der Waals surface area contributed by atoms with Crippen molar-refractivity contribution in [3.8, 4) is 0 Å². The van der Waals surface area contributed by atoms with Crippen molar-refractivity contribution in [2.75, 3.05) is 48.3 Å². The SMILES string of the molecule is CCCCCCCCCCCCCCCC[N+](C)(C)CC(CCCCCCCCCCCCCCC)[N+](C)(C)C. The summed E-state index contributed by atoms with van der Waals surface area (Å²) in [6, 6.07) is 0.786. The van der Waals surface area contributed by atoms with Crippen molar-refractivity contribution < 1.29 is 8.97 Å². The van der Waals surface area contributed by atoms with Crippen LogP contribution >= 0.6 is 0 Å². The second-order valence-electron chi connectivity index (χ2n) is 15.2. The first-order valence-corrected chi connectivity index (χ1v) is 18.9. The summed E-state index contributed by atoms with van der Waals surface area (Å²) in [6.07, 6.45) is 40.6. The van der Waals surface area contributed by atoms with E-state index in [4.69, 9.17) is 0 Å². The molecule has 0 aliphatic carbocycles. The molecule has 242 valence electrons. The van der Waals surface area contributed by atoms with Crippen molar-refractivity contribution in [1.29, 1.82) is 0 Å². The number of hydrogen-bond acceptors (Lipinski definition) is 0. The Morgan fingerprint density at radius 2 is 0.625 bits per heavy atom. The number of unbranched alkanes of at least 4 members (excludes halogenated alkanes) is 25. The molecule has 2 heteroatoms. The van der Waals surface area contributed by atoms with Gasteiger partial charge in [-0.15, -0.1) is 0 Å². The first kappa shape index (κ1) is 39.9. The zero-order chi connectivity index (χ0) is 29.8. The minimum Gasteiger partial charge on any atom is -0.324 e. The van der Waals surface area contributed by atoms with E-state index in [1.807, 2.05) is 0 Å². The highest BCUT2D eigenvalue weighted by molar-refractivity contribution is 4.60. The molecule has 0 aromatic rings. The van der Waals surface area contributed by atoms with Crippen LogP contribution in [-0.2, 0) is 0 Å². The van der Waals surface area contributed by atoms with Gasteiger partial charge in [0.15, 0.2) is 0 Å². The second kappa shape index (κ2) is 27.7. The Morgan fingerprint density at radius 3 is 0.925 bits per heavy atom. The maximum absolute atomic E-state index is 2.49. The van der Waals surface area contributed by atoms with Gasteiger partial charge in [0, 0.05) is 6.42 Å². The minimum absolute atomic E-state index is 0.786. The number of nitrogens with zero attached hydrogens (tertiary/aromatic N) is 2. The van der Waals surface area contributed by atoms with Crippen LogP contribution in [0.3, 0.4) is 0 Å². The van der Waals surface area contributed by atoms with E-state index < -0.39 is 0 Å². The molecule has 0 rings (SSSR count). The molecule has 0 bridgehead atoms. The third-order valence-electron chi connectivity index (χ3n) is 9.56. The van der Waals surface area contributed by atoms with E-state index >= 15 is 0 Å². The standard InChI is InChI=1S/C38H82N2/c1-8-10-12-14-16-18-20-22-24-26-28-30-32-34-36-40(6,7)37-38(39(3,4)5)35-33-31-29-27-25-23-21-19-17-15-13-11-9-2/h38H,8-37H2,1-7H3/q+2. The summed E-state index contributed by atoms with van der Waals surface area (Å²) in [4.78, 5) is 0. The number of quaternary nitrogens is 2. The normalized spacial score (nSPS) is 13.3. The smallest absolute Gasteiger partial charge is 0.138 e. The predicted molar refractivity (Wildman–Crippen MR) is 184 cm³/mol. The van der Waals surface area contributed by atoms with Crippen molar-refractivity contribution in [3.05, 3.63) is 0 Å². The van der Waals surface area contributed by atoms with Crippen molar-refractivity contribution in [2.24, 2.45) is 0 Å². The molecule has 0 fully saturated rings. The molecular weight excluding hydrogens is 484 g/mol. The van der Waals surface area contributed by atoms with Crippen molar-refractivity contribution >= 4 is 0 Å². The third kappa shape index (κ3) is 28.1. The second-order valence-corrected chi connectivity index (χ2v) is 15.2. The first-order chi connectivity index (χ1) is 19.2. The zero-order valence-electron chi connectivity index (χ0n) is 29.7. The summed E-state index contributed by atoms with van der Waals surface area (Å²) in [5, 5.41) is 0. The summed E-state index contributed by atoms with van der Waals surface area (Å²) < 4.78 is 2.33. The van der Waals surface area contributed by atoms with E-state index in [1.54, 1.807) is 0 Å². The van der Waals surface area contributed by atoms with Crippen molar-refractivity contribution in [3.63, 3.8) is 0 Å². The Bertz CT molecular complexity index is 492. The highest BCUT2D eigenvalue weighted by Crippen LogP contribution is 2.19. The van der Waals surface area contributed by atoms with Crippen LogP contribution in [0, 0.1) is 0 Å². The summed E-state index contributed by atoms with van der Waals surface area (Å²) in [7, 11) is 12.3. The molecule has 0 heterocycles. The van der Waals surface area contributed by atoms with Crippen LogP contribution in [0.1, 0.15) is 194 Å². The average Bonchev–Trinajstić information content (AvgIpc) is 2.90. The van der Waals surface area contributed by atoms with Crippen LogP contribution in [0.4, 0.5) is 0 Å². The van der Waals surface area contributed by atoms with Crippen molar-refractivity contribution in [2.45, 2.75) is 200 Å². The lowest BCUT2D eigenvalue weighted by atomic mass is 10.0. The van der Waals surface area contributed by atoms with Gasteiger partial charge in [-0.25, -0.2) is 0 Å². The Hall–Kier alpha value is -0.0800. The highest BCUT2D eigenvalue weighted by Gasteiger charge is 2.31. The van der Waals surface area contributed by atoms with Crippen molar-refractivity contribution in [1.82, 2.24) is 0 Å². The molecule has 2 nitrogen and oxygen atoms in total. The monoisotopic (exact) mass is 567 g/mol. The molecule has 0 aromatic heterocycles. The number of likely N-dealkylation sites (N-methyl/N-ethyl adjacent to an activating group) is 2. The molecule has 1 atom stereocenters. The lowest BCUT2D eigenvalue weighted by Crippen LogP contribution is -2.56. The predicted octanol–water partition coefficient (Wildman–Crippen LogP) is 12.1. The molecule has 0 aliphatic heterocycles. The number of hydrogen-bond donors (Lipinski definition) is 0. The minimum atomic E-state index is 0.786. The van der Waals surface area contributed by atoms with Gasteiger partial charge in [-0.1, -0.05) is 168 Å². The van der Waals surface area contributed by atoms with Gasteiger partial charge in [0.1, 0.15) is 12.6 Å². The quantitative estimate of drug-likeness (QED) is 0.0561. The van der Waals surface area contributed by atoms with Crippen LogP contribution in [0.5, 0.6) is 0 Å². The zero-order valence-corrected chi connectivity index (χ0v) is 29.7. The third-order valence-corrected chi connectivity index (χ3v) is 9.56. The molecule has 0 spiro atoms. The first-order valence-electron chi connectivity index (χ1n) is 18.9. The summed E-state index contributed by atoms with van der Waals surface area (Å²) in [5.74, 6) is 0. The van der Waals surface area contributed by atoms with Crippen LogP contribution in [-0.4, -0.2) is 63.3 Å². The molecule has 0 radical (unpaired) electrons. The van der Waals surface area contributed by atoms with Gasteiger partial charge in [0.25, 0.3) is 0 Å². The molecule has 0 saturated heterocycles. The number of rotatable bonds is 32. The molecule has 0 aliphatic rings. The molecule has 0 saturated carbocycles. The van der Waals surface area contributed by atoms with E-state index in [0.717, 1.165) is 10.5 Å². The molecule has 40 heavy (non-hydrogen) atoms. The molecule has 0 aromatic carbocycles. The van der Waals surface area contributed by atoms with Gasteiger partial charge in [0.05, 0.1) is 41.8 Å². The molecule has 0 N–H and O–H groups in total. The Morgan fingerprint density at radius 1 is 0.350 bits per heavy atom. The molecule has 0 amide bonds. The van der Waals surface area contributed by atoms with Gasteiger partial charge in [-0.2, -0.15) is 0 Å². The lowest BCUT2D eigenvalue weighted by molar-refractivity contribution is -0.955. The van der Waals surface area contributed by atoms with E-state index in [1.165, 1.54) is 197 Å². The fraction of sp³-hybridized carbons (Fsp3) is 1.00. The summed E-state index contributed by atoms with van der Waals surface area (Å²) >= 11 is 0. The Kier molecular flexibility index (Phi) is 27.7. The van der Waals surface area contributed by atoms with Gasteiger partial charge in [0.2, 0.25) is 0 Å².